The van der Waals surface area contributed by atoms with Crippen LogP contribution >= 0.6 is 0 Å². The third kappa shape index (κ3) is 3.10. The molecule has 6 nitrogen and oxygen atoms in total. The number of likely N-dealkylation sites (tertiary alicyclic amines) is 1. The Kier molecular flexibility index (Phi) is 4.24. The minimum atomic E-state index is -0.412. The average molecular weight is 351 g/mol. The number of hydrogen-bond acceptors (Lipinski definition) is 3. The summed E-state index contributed by atoms with van der Waals surface area (Å²) < 4.78 is 6.62. The second-order valence-corrected chi connectivity index (χ2v) is 6.74. The van der Waals surface area contributed by atoms with Crippen LogP contribution in [-0.4, -0.2) is 28.6 Å². The minimum Gasteiger partial charge on any atom is -0.408 e. The maximum absolute atomic E-state index is 12.7. The molecular weight excluding hydrogens is 330 g/mol. The topological polar surface area (TPSA) is 67.5 Å². The van der Waals surface area contributed by atoms with Gasteiger partial charge in [0.25, 0.3) is 0 Å². The Morgan fingerprint density at radius 1 is 1.19 bits per heavy atom. The van der Waals surface area contributed by atoms with E-state index in [-0.39, 0.29) is 6.03 Å². The second kappa shape index (κ2) is 6.71. The summed E-state index contributed by atoms with van der Waals surface area (Å²) in [6, 6.07) is 15.5. The van der Waals surface area contributed by atoms with E-state index in [1.165, 1.54) is 10.1 Å². The molecule has 0 unspecified atom stereocenters. The number of fused-ring (bicyclic) bond motifs is 1. The Labute approximate surface area is 151 Å². The van der Waals surface area contributed by atoms with Crippen LogP contribution in [0, 0.1) is 0 Å². The Morgan fingerprint density at radius 3 is 2.81 bits per heavy atom. The molecule has 0 bridgehead atoms. The van der Waals surface area contributed by atoms with Gasteiger partial charge in [0, 0.05) is 37.8 Å². The molecular formula is C20H21N3O3. The number of amides is 2. The minimum absolute atomic E-state index is 0.122. The van der Waals surface area contributed by atoms with Crippen molar-refractivity contribution < 1.29 is 9.21 Å². The van der Waals surface area contributed by atoms with Crippen molar-refractivity contribution in [1.82, 2.24) is 9.47 Å². The lowest BCUT2D eigenvalue weighted by Crippen LogP contribution is -2.41. The number of carbonyl (C=O) groups excluding carboxylic acids is 1. The second-order valence-electron chi connectivity index (χ2n) is 6.74. The number of rotatable bonds is 2. The Morgan fingerprint density at radius 2 is 2.00 bits per heavy atom. The predicted octanol–water partition coefficient (Wildman–Crippen LogP) is 3.54. The third-order valence-corrected chi connectivity index (χ3v) is 5.02. The summed E-state index contributed by atoms with van der Waals surface area (Å²) in [6.07, 6.45) is 2.08. The van der Waals surface area contributed by atoms with Gasteiger partial charge < -0.3 is 14.6 Å². The molecule has 2 heterocycles. The normalized spacial score (nSPS) is 17.4. The Hall–Kier alpha value is -3.02. The number of benzene rings is 2. The number of oxazole rings is 1. The molecule has 1 saturated heterocycles. The molecule has 2 aromatic carbocycles. The van der Waals surface area contributed by atoms with Crippen molar-refractivity contribution >= 4 is 22.8 Å². The van der Waals surface area contributed by atoms with Crippen LogP contribution in [-0.2, 0) is 7.05 Å². The van der Waals surface area contributed by atoms with Crippen molar-refractivity contribution in [3.8, 4) is 0 Å². The summed E-state index contributed by atoms with van der Waals surface area (Å²) >= 11 is 0. The number of hydrogen-bond donors (Lipinski definition) is 1. The van der Waals surface area contributed by atoms with E-state index >= 15 is 0 Å². The van der Waals surface area contributed by atoms with E-state index in [0.29, 0.717) is 29.2 Å². The van der Waals surface area contributed by atoms with Crippen LogP contribution < -0.4 is 11.1 Å². The van der Waals surface area contributed by atoms with Crippen molar-refractivity contribution in [3.05, 3.63) is 64.6 Å². The fourth-order valence-corrected chi connectivity index (χ4v) is 3.57. The lowest BCUT2D eigenvalue weighted by molar-refractivity contribution is 0.193. The molecule has 1 N–H and O–H groups in total. The van der Waals surface area contributed by atoms with Gasteiger partial charge in [-0.05, 0) is 30.5 Å². The van der Waals surface area contributed by atoms with Crippen LogP contribution in [0.4, 0.5) is 10.5 Å². The van der Waals surface area contributed by atoms with Gasteiger partial charge in [-0.1, -0.05) is 30.3 Å². The molecule has 134 valence electrons. The summed E-state index contributed by atoms with van der Waals surface area (Å²) in [6.45, 7) is 1.45. The lowest BCUT2D eigenvalue weighted by Gasteiger charge is -2.33. The van der Waals surface area contributed by atoms with E-state index in [1.54, 1.807) is 25.2 Å². The zero-order valence-electron chi connectivity index (χ0n) is 14.6. The fourth-order valence-electron chi connectivity index (χ4n) is 3.57. The first-order valence-electron chi connectivity index (χ1n) is 8.82. The zero-order valence-corrected chi connectivity index (χ0v) is 14.6. The Balaban J connectivity index is 1.48. The average Bonchev–Trinajstić information content (AvgIpc) is 2.96. The van der Waals surface area contributed by atoms with E-state index in [0.717, 1.165) is 19.4 Å². The third-order valence-electron chi connectivity index (χ3n) is 5.02. The molecule has 1 aromatic heterocycles. The number of aryl methyl sites for hydroxylation is 1. The molecule has 6 heteroatoms. The van der Waals surface area contributed by atoms with E-state index in [4.69, 9.17) is 4.42 Å². The summed E-state index contributed by atoms with van der Waals surface area (Å²) in [4.78, 5) is 26.1. The molecule has 26 heavy (non-hydrogen) atoms. The molecule has 1 atom stereocenters. The van der Waals surface area contributed by atoms with Crippen LogP contribution in [0.15, 0.2) is 57.7 Å². The number of carbonyl (C=O) groups is 1. The van der Waals surface area contributed by atoms with E-state index in [2.05, 4.69) is 17.4 Å². The van der Waals surface area contributed by atoms with Crippen molar-refractivity contribution in [3.63, 3.8) is 0 Å². The Bertz CT molecular complexity index is 990. The molecule has 4 rings (SSSR count). The number of aromatic nitrogens is 1. The molecule has 0 spiro atoms. The quantitative estimate of drug-likeness (QED) is 0.768. The van der Waals surface area contributed by atoms with Crippen molar-refractivity contribution in [2.45, 2.75) is 18.8 Å². The van der Waals surface area contributed by atoms with Crippen molar-refractivity contribution in [1.29, 1.82) is 0 Å². The molecule has 0 saturated carbocycles. The summed E-state index contributed by atoms with van der Waals surface area (Å²) in [7, 11) is 1.66. The molecule has 1 aliphatic rings. The lowest BCUT2D eigenvalue weighted by atomic mass is 9.91. The number of nitrogens with zero attached hydrogens (tertiary/aromatic N) is 2. The van der Waals surface area contributed by atoms with Crippen molar-refractivity contribution in [2.24, 2.45) is 7.05 Å². The van der Waals surface area contributed by atoms with Gasteiger partial charge in [0.2, 0.25) is 0 Å². The maximum Gasteiger partial charge on any atom is 0.419 e. The summed E-state index contributed by atoms with van der Waals surface area (Å²) in [5.41, 5.74) is 3.07. The van der Waals surface area contributed by atoms with E-state index in [9.17, 15) is 9.59 Å². The molecule has 3 aromatic rings. The molecule has 0 radical (unpaired) electrons. The van der Waals surface area contributed by atoms with Gasteiger partial charge in [-0.2, -0.15) is 0 Å². The van der Waals surface area contributed by atoms with Crippen LogP contribution in [0.5, 0.6) is 0 Å². The molecule has 0 aliphatic carbocycles. The molecule has 2 amide bonds. The summed E-state index contributed by atoms with van der Waals surface area (Å²) in [5.74, 6) is -0.0458. The number of anilines is 1. The fraction of sp³-hybridized carbons (Fsp3) is 0.300. The highest BCUT2D eigenvalue weighted by molar-refractivity contribution is 5.91. The monoisotopic (exact) mass is 351 g/mol. The van der Waals surface area contributed by atoms with Crippen LogP contribution in [0.3, 0.4) is 0 Å². The van der Waals surface area contributed by atoms with E-state index < -0.39 is 5.76 Å². The summed E-state index contributed by atoms with van der Waals surface area (Å²) in [5, 5.41) is 2.92. The highest BCUT2D eigenvalue weighted by Gasteiger charge is 2.24. The number of nitrogens with one attached hydrogen (secondary N) is 1. The largest absolute Gasteiger partial charge is 0.419 e. The number of piperidine rings is 1. The first-order chi connectivity index (χ1) is 12.6. The standard InChI is InChI=1S/C20H21N3O3/c1-22-17-10-9-16(12-18(17)26-20(22)25)21-19(24)23-11-5-8-15(13-23)14-6-3-2-4-7-14/h2-4,6-7,9-10,12,15H,5,8,11,13H2,1H3,(H,21,24)/t15-/m0/s1. The maximum atomic E-state index is 12.7. The van der Waals surface area contributed by atoms with Crippen LogP contribution in [0.2, 0.25) is 0 Å². The van der Waals surface area contributed by atoms with Crippen LogP contribution in [0.1, 0.15) is 24.3 Å². The van der Waals surface area contributed by atoms with Gasteiger partial charge in [-0.15, -0.1) is 0 Å². The van der Waals surface area contributed by atoms with Gasteiger partial charge >= 0.3 is 11.8 Å². The molecule has 1 aliphatic heterocycles. The van der Waals surface area contributed by atoms with Gasteiger partial charge in [-0.25, -0.2) is 9.59 Å². The predicted molar refractivity (Wildman–Crippen MR) is 100 cm³/mol. The number of urea groups is 1. The highest BCUT2D eigenvalue weighted by Crippen LogP contribution is 2.27. The zero-order chi connectivity index (χ0) is 18.1. The smallest absolute Gasteiger partial charge is 0.408 e. The van der Waals surface area contributed by atoms with Gasteiger partial charge in [0.15, 0.2) is 5.58 Å². The van der Waals surface area contributed by atoms with Crippen molar-refractivity contribution in [2.75, 3.05) is 18.4 Å². The van der Waals surface area contributed by atoms with Gasteiger partial charge in [0.1, 0.15) is 0 Å². The van der Waals surface area contributed by atoms with Gasteiger partial charge in [0.05, 0.1) is 5.52 Å². The highest BCUT2D eigenvalue weighted by atomic mass is 16.4. The first kappa shape index (κ1) is 16.4. The van der Waals surface area contributed by atoms with Gasteiger partial charge in [-0.3, -0.25) is 4.57 Å². The SMILES string of the molecule is Cn1c(=O)oc2cc(NC(=O)N3CCC[C@H](c4ccccc4)C3)ccc21. The van der Waals surface area contributed by atoms with E-state index in [1.807, 2.05) is 23.1 Å². The van der Waals surface area contributed by atoms with Crippen LogP contribution in [0.25, 0.3) is 11.1 Å². The first-order valence-corrected chi connectivity index (χ1v) is 8.82. The molecule has 1 fully saturated rings.